The Bertz CT molecular complexity index is 997. The number of hydrogen-bond donors (Lipinski definition) is 1. The maximum atomic E-state index is 12.6. The second kappa shape index (κ2) is 7.77. The summed E-state index contributed by atoms with van der Waals surface area (Å²) in [5.74, 6) is 0.246. The Morgan fingerprint density at radius 3 is 2.85 bits per heavy atom. The van der Waals surface area contributed by atoms with Gasteiger partial charge in [0.05, 0.1) is 12.8 Å². The molecule has 0 aliphatic carbocycles. The first-order valence-corrected chi connectivity index (χ1v) is 8.45. The number of nitrogens with zero attached hydrogens (tertiary/aromatic N) is 3. The highest BCUT2D eigenvalue weighted by atomic mass is 16.5. The molecule has 0 aliphatic heterocycles. The van der Waals surface area contributed by atoms with E-state index < -0.39 is 0 Å². The minimum absolute atomic E-state index is 0.188. The van der Waals surface area contributed by atoms with E-state index in [0.29, 0.717) is 23.5 Å². The molecule has 0 aliphatic rings. The number of carbonyl (C=O) groups is 1. The maximum absolute atomic E-state index is 12.6. The first kappa shape index (κ1) is 17.6. The van der Waals surface area contributed by atoms with Gasteiger partial charge in [0.2, 0.25) is 0 Å². The summed E-state index contributed by atoms with van der Waals surface area (Å²) in [6.07, 6.45) is 3.43. The second-order valence-corrected chi connectivity index (χ2v) is 5.80. The standard InChI is InChI=1S/C19H20N4O3/c1-3-4-12-23-17(24)10-8-15(22-23)19(25)21-14-7-9-16(26-2)18-13(14)6-5-11-20-18/h5-11H,3-4,12H2,1-2H3,(H,21,25). The average Bonchev–Trinajstić information content (AvgIpc) is 2.67. The molecule has 0 saturated carbocycles. The summed E-state index contributed by atoms with van der Waals surface area (Å²) in [6.45, 7) is 2.52. The number of anilines is 1. The van der Waals surface area contributed by atoms with Gasteiger partial charge < -0.3 is 10.1 Å². The zero-order valence-electron chi connectivity index (χ0n) is 14.7. The molecule has 1 aromatic carbocycles. The number of fused-ring (bicyclic) bond motifs is 1. The summed E-state index contributed by atoms with van der Waals surface area (Å²) in [7, 11) is 1.57. The Morgan fingerprint density at radius 2 is 2.08 bits per heavy atom. The van der Waals surface area contributed by atoms with Crippen molar-refractivity contribution in [2.75, 3.05) is 12.4 Å². The molecule has 0 saturated heterocycles. The molecule has 0 spiro atoms. The third kappa shape index (κ3) is 3.56. The molecule has 0 radical (unpaired) electrons. The van der Waals surface area contributed by atoms with Crippen LogP contribution in [0.4, 0.5) is 5.69 Å². The van der Waals surface area contributed by atoms with Crippen LogP contribution in [0, 0.1) is 0 Å². The number of benzene rings is 1. The lowest BCUT2D eigenvalue weighted by molar-refractivity contribution is 0.102. The molecule has 1 amide bonds. The van der Waals surface area contributed by atoms with Crippen LogP contribution < -0.4 is 15.6 Å². The molecule has 134 valence electrons. The summed E-state index contributed by atoms with van der Waals surface area (Å²) < 4.78 is 6.64. The molecule has 7 nitrogen and oxygen atoms in total. The quantitative estimate of drug-likeness (QED) is 0.737. The smallest absolute Gasteiger partial charge is 0.276 e. The lowest BCUT2D eigenvalue weighted by Gasteiger charge is -2.11. The van der Waals surface area contributed by atoms with Gasteiger partial charge >= 0.3 is 0 Å². The molecule has 3 rings (SSSR count). The van der Waals surface area contributed by atoms with E-state index in [1.54, 1.807) is 31.5 Å². The fraction of sp³-hybridized carbons (Fsp3) is 0.263. The zero-order valence-corrected chi connectivity index (χ0v) is 14.7. The highest BCUT2D eigenvalue weighted by Crippen LogP contribution is 2.29. The van der Waals surface area contributed by atoms with Crippen LogP contribution in [0.3, 0.4) is 0 Å². The van der Waals surface area contributed by atoms with Crippen LogP contribution in [0.2, 0.25) is 0 Å². The van der Waals surface area contributed by atoms with Gasteiger partial charge in [-0.2, -0.15) is 5.10 Å². The van der Waals surface area contributed by atoms with Crippen molar-refractivity contribution < 1.29 is 9.53 Å². The lowest BCUT2D eigenvalue weighted by atomic mass is 10.1. The van der Waals surface area contributed by atoms with Crippen molar-refractivity contribution in [2.24, 2.45) is 0 Å². The second-order valence-electron chi connectivity index (χ2n) is 5.80. The molecule has 0 unspecified atom stereocenters. The van der Waals surface area contributed by atoms with Crippen LogP contribution in [-0.4, -0.2) is 27.8 Å². The number of ether oxygens (including phenoxy) is 1. The third-order valence-corrected chi connectivity index (χ3v) is 4.02. The highest BCUT2D eigenvalue weighted by molar-refractivity contribution is 6.08. The Hall–Kier alpha value is -3.22. The van der Waals surface area contributed by atoms with Gasteiger partial charge in [0.1, 0.15) is 17.0 Å². The molecular weight excluding hydrogens is 332 g/mol. The SMILES string of the molecule is CCCCn1nc(C(=O)Nc2ccc(OC)c3ncccc23)ccc1=O. The fourth-order valence-electron chi connectivity index (χ4n) is 2.64. The molecule has 7 heteroatoms. The molecule has 3 aromatic rings. The van der Waals surface area contributed by atoms with E-state index in [0.717, 1.165) is 18.2 Å². The Kier molecular flexibility index (Phi) is 5.26. The number of hydrogen-bond acceptors (Lipinski definition) is 5. The van der Waals surface area contributed by atoms with Crippen LogP contribution in [0.1, 0.15) is 30.3 Å². The van der Waals surface area contributed by atoms with E-state index in [-0.39, 0.29) is 17.2 Å². The van der Waals surface area contributed by atoms with Gasteiger partial charge in [0.15, 0.2) is 0 Å². The van der Waals surface area contributed by atoms with Crippen molar-refractivity contribution in [1.82, 2.24) is 14.8 Å². The van der Waals surface area contributed by atoms with E-state index >= 15 is 0 Å². The zero-order chi connectivity index (χ0) is 18.5. The number of pyridine rings is 1. The van der Waals surface area contributed by atoms with Gasteiger partial charge in [-0.3, -0.25) is 14.6 Å². The van der Waals surface area contributed by atoms with Crippen molar-refractivity contribution in [3.63, 3.8) is 0 Å². The van der Waals surface area contributed by atoms with Crippen LogP contribution in [0.25, 0.3) is 10.9 Å². The van der Waals surface area contributed by atoms with Gasteiger partial charge in [0.25, 0.3) is 11.5 Å². The maximum Gasteiger partial charge on any atom is 0.276 e. The first-order chi connectivity index (χ1) is 12.6. The van der Waals surface area contributed by atoms with E-state index in [2.05, 4.69) is 15.4 Å². The van der Waals surface area contributed by atoms with Gasteiger partial charge in [0, 0.05) is 24.2 Å². The molecular formula is C19H20N4O3. The normalized spacial score (nSPS) is 10.7. The summed E-state index contributed by atoms with van der Waals surface area (Å²) >= 11 is 0. The number of nitrogens with one attached hydrogen (secondary N) is 1. The van der Waals surface area contributed by atoms with Crippen LogP contribution in [0.15, 0.2) is 47.4 Å². The van der Waals surface area contributed by atoms with Crippen molar-refractivity contribution in [1.29, 1.82) is 0 Å². The fourth-order valence-corrected chi connectivity index (χ4v) is 2.64. The summed E-state index contributed by atoms with van der Waals surface area (Å²) in [5, 5.41) is 7.78. The van der Waals surface area contributed by atoms with E-state index in [1.807, 2.05) is 13.0 Å². The van der Waals surface area contributed by atoms with E-state index in [4.69, 9.17) is 4.74 Å². The predicted molar refractivity (Wildman–Crippen MR) is 99.7 cm³/mol. The third-order valence-electron chi connectivity index (χ3n) is 4.02. The topological polar surface area (TPSA) is 86.1 Å². The number of unbranched alkanes of at least 4 members (excludes halogenated alkanes) is 1. The molecule has 26 heavy (non-hydrogen) atoms. The monoisotopic (exact) mass is 352 g/mol. The number of rotatable bonds is 6. The summed E-state index contributed by atoms with van der Waals surface area (Å²) in [5.41, 5.74) is 1.24. The van der Waals surface area contributed by atoms with Gasteiger partial charge in [-0.05, 0) is 36.8 Å². The van der Waals surface area contributed by atoms with Crippen molar-refractivity contribution >= 4 is 22.5 Å². The number of methoxy groups -OCH3 is 1. The Balaban J connectivity index is 1.91. The highest BCUT2D eigenvalue weighted by Gasteiger charge is 2.13. The average molecular weight is 352 g/mol. The number of aromatic nitrogens is 3. The molecule has 0 bridgehead atoms. The van der Waals surface area contributed by atoms with Crippen LogP contribution in [-0.2, 0) is 6.54 Å². The van der Waals surface area contributed by atoms with Crippen LogP contribution >= 0.6 is 0 Å². The molecule has 2 aromatic heterocycles. The summed E-state index contributed by atoms with van der Waals surface area (Å²) in [6, 6.07) is 9.96. The Morgan fingerprint density at radius 1 is 1.23 bits per heavy atom. The van der Waals surface area contributed by atoms with Crippen molar-refractivity contribution in [2.45, 2.75) is 26.3 Å². The number of carbonyl (C=O) groups excluding carboxylic acids is 1. The minimum atomic E-state index is -0.384. The molecule has 1 N–H and O–H groups in total. The number of aryl methyl sites for hydroxylation is 1. The van der Waals surface area contributed by atoms with Crippen LogP contribution in [0.5, 0.6) is 5.75 Å². The lowest BCUT2D eigenvalue weighted by Crippen LogP contribution is -2.26. The predicted octanol–water partition coefficient (Wildman–Crippen LogP) is 2.85. The largest absolute Gasteiger partial charge is 0.494 e. The number of amides is 1. The molecule has 0 atom stereocenters. The molecule has 2 heterocycles. The van der Waals surface area contributed by atoms with Gasteiger partial charge in [-0.25, -0.2) is 4.68 Å². The summed E-state index contributed by atoms with van der Waals surface area (Å²) in [4.78, 5) is 28.8. The van der Waals surface area contributed by atoms with Gasteiger partial charge in [-0.15, -0.1) is 0 Å². The molecule has 0 fully saturated rings. The Labute approximate surface area is 150 Å². The van der Waals surface area contributed by atoms with E-state index in [9.17, 15) is 9.59 Å². The van der Waals surface area contributed by atoms with Crippen molar-refractivity contribution in [3.8, 4) is 5.75 Å². The first-order valence-electron chi connectivity index (χ1n) is 8.45. The van der Waals surface area contributed by atoms with Crippen molar-refractivity contribution in [3.05, 3.63) is 58.6 Å². The minimum Gasteiger partial charge on any atom is -0.494 e. The van der Waals surface area contributed by atoms with Gasteiger partial charge in [-0.1, -0.05) is 13.3 Å². The van der Waals surface area contributed by atoms with E-state index in [1.165, 1.54) is 16.8 Å².